The van der Waals surface area contributed by atoms with Crippen LogP contribution in [0.4, 0.5) is 0 Å². The Balaban J connectivity index is 2.64. The van der Waals surface area contributed by atoms with Gasteiger partial charge in [0.1, 0.15) is 0 Å². The van der Waals surface area contributed by atoms with Gasteiger partial charge in [0, 0.05) is 0 Å². The molecule has 0 heteroatoms. The molecule has 0 fully saturated rings. The largest absolute Gasteiger partial charge is 0.0744 e. The quantitative estimate of drug-likeness (QED) is 0.546. The summed E-state index contributed by atoms with van der Waals surface area (Å²) in [5.41, 5.74) is 3.88. The van der Waals surface area contributed by atoms with E-state index in [1.165, 1.54) is 25.7 Å². The lowest BCUT2D eigenvalue weighted by Gasteiger charge is -2.36. The summed E-state index contributed by atoms with van der Waals surface area (Å²) < 4.78 is 0. The zero-order chi connectivity index (χ0) is 10.1. The molecule has 76 valence electrons. The first-order valence-corrected chi connectivity index (χ1v) is 5.58. The zero-order valence-electron chi connectivity index (χ0n) is 9.91. The van der Waals surface area contributed by atoms with E-state index in [-0.39, 0.29) is 0 Å². The van der Waals surface area contributed by atoms with Gasteiger partial charge >= 0.3 is 0 Å². The summed E-state index contributed by atoms with van der Waals surface area (Å²) in [5.74, 6) is 0.844. The molecular formula is C13H24. The van der Waals surface area contributed by atoms with Gasteiger partial charge in [-0.2, -0.15) is 0 Å². The summed E-state index contributed by atoms with van der Waals surface area (Å²) in [6.07, 6.45) is 5.44. The minimum absolute atomic E-state index is 0.595. The topological polar surface area (TPSA) is 0 Å². The second-order valence-electron chi connectivity index (χ2n) is 5.65. The maximum Gasteiger partial charge on any atom is -0.0266 e. The van der Waals surface area contributed by atoms with Crippen molar-refractivity contribution in [2.24, 2.45) is 11.3 Å². The van der Waals surface area contributed by atoms with Crippen LogP contribution in [0.5, 0.6) is 0 Å². The van der Waals surface area contributed by atoms with Gasteiger partial charge in [0.05, 0.1) is 0 Å². The van der Waals surface area contributed by atoms with Crippen molar-refractivity contribution in [3.8, 4) is 0 Å². The van der Waals surface area contributed by atoms with Gasteiger partial charge in [0.25, 0.3) is 0 Å². The summed E-state index contributed by atoms with van der Waals surface area (Å²) in [6.45, 7) is 11.7. The van der Waals surface area contributed by atoms with E-state index in [0.29, 0.717) is 5.41 Å². The fraction of sp³-hybridized carbons (Fsp3) is 0.846. The van der Waals surface area contributed by atoms with Crippen LogP contribution in [0.2, 0.25) is 0 Å². The molecule has 0 amide bonds. The molecule has 1 aliphatic rings. The normalized spacial score (nSPS) is 30.0. The standard InChI is InChI=1S/C13H24/c1-10(2)8-13(5)7-6-11(3)12(4)9-13/h10H,6-9H2,1-5H3. The van der Waals surface area contributed by atoms with Crippen molar-refractivity contribution in [1.82, 2.24) is 0 Å². The Bertz CT molecular complexity index is 210. The van der Waals surface area contributed by atoms with Crippen LogP contribution in [0.25, 0.3) is 0 Å². The molecule has 0 aliphatic heterocycles. The van der Waals surface area contributed by atoms with Gasteiger partial charge in [-0.15, -0.1) is 0 Å². The summed E-state index contributed by atoms with van der Waals surface area (Å²) in [7, 11) is 0. The van der Waals surface area contributed by atoms with E-state index in [4.69, 9.17) is 0 Å². The van der Waals surface area contributed by atoms with Crippen LogP contribution in [-0.4, -0.2) is 0 Å². The van der Waals surface area contributed by atoms with Crippen molar-refractivity contribution >= 4 is 0 Å². The molecule has 0 aromatic rings. The van der Waals surface area contributed by atoms with E-state index < -0.39 is 0 Å². The highest BCUT2D eigenvalue weighted by molar-refractivity contribution is 5.15. The molecule has 0 aromatic carbocycles. The Morgan fingerprint density at radius 3 is 2.31 bits per heavy atom. The van der Waals surface area contributed by atoms with Gasteiger partial charge in [-0.25, -0.2) is 0 Å². The summed E-state index contributed by atoms with van der Waals surface area (Å²) in [4.78, 5) is 0. The molecule has 1 rings (SSSR count). The number of hydrogen-bond acceptors (Lipinski definition) is 0. The second-order valence-corrected chi connectivity index (χ2v) is 5.65. The van der Waals surface area contributed by atoms with Crippen LogP contribution < -0.4 is 0 Å². The maximum absolute atomic E-state index is 2.46. The Hall–Kier alpha value is -0.260. The molecule has 1 atom stereocenters. The Kier molecular flexibility index (Phi) is 3.21. The predicted molar refractivity (Wildman–Crippen MR) is 59.8 cm³/mol. The lowest BCUT2D eigenvalue weighted by molar-refractivity contribution is 0.222. The highest BCUT2D eigenvalue weighted by atomic mass is 14.3. The fourth-order valence-electron chi connectivity index (χ4n) is 2.74. The van der Waals surface area contributed by atoms with Crippen LogP contribution in [0.1, 0.15) is 60.3 Å². The Morgan fingerprint density at radius 2 is 1.85 bits per heavy atom. The summed E-state index contributed by atoms with van der Waals surface area (Å²) in [6, 6.07) is 0. The molecule has 0 nitrogen and oxygen atoms in total. The second kappa shape index (κ2) is 3.86. The molecule has 1 aliphatic carbocycles. The molecule has 0 heterocycles. The van der Waals surface area contributed by atoms with Crippen LogP contribution in [0.3, 0.4) is 0 Å². The predicted octanol–water partition coefficient (Wildman–Crippen LogP) is 4.56. The molecule has 0 saturated carbocycles. The average molecular weight is 180 g/mol. The van der Waals surface area contributed by atoms with Gasteiger partial charge in [-0.05, 0) is 50.9 Å². The Labute approximate surface area is 83.4 Å². The van der Waals surface area contributed by atoms with Crippen LogP contribution in [0, 0.1) is 11.3 Å². The van der Waals surface area contributed by atoms with Crippen molar-refractivity contribution in [1.29, 1.82) is 0 Å². The van der Waals surface area contributed by atoms with E-state index in [2.05, 4.69) is 34.6 Å². The Morgan fingerprint density at radius 1 is 1.23 bits per heavy atom. The SMILES string of the molecule is CC1=C(C)CC(C)(CC(C)C)CC1. The maximum atomic E-state index is 2.46. The van der Waals surface area contributed by atoms with E-state index in [0.717, 1.165) is 5.92 Å². The summed E-state index contributed by atoms with van der Waals surface area (Å²) >= 11 is 0. The van der Waals surface area contributed by atoms with Gasteiger partial charge in [-0.1, -0.05) is 31.9 Å². The molecule has 0 radical (unpaired) electrons. The van der Waals surface area contributed by atoms with Crippen LogP contribution in [-0.2, 0) is 0 Å². The number of rotatable bonds is 2. The van der Waals surface area contributed by atoms with Crippen molar-refractivity contribution in [2.45, 2.75) is 60.3 Å². The molecule has 0 bridgehead atoms. The van der Waals surface area contributed by atoms with Gasteiger partial charge in [0.15, 0.2) is 0 Å². The van der Waals surface area contributed by atoms with Gasteiger partial charge in [-0.3, -0.25) is 0 Å². The first kappa shape index (κ1) is 10.8. The molecule has 1 unspecified atom stereocenters. The molecule has 0 aromatic heterocycles. The van der Waals surface area contributed by atoms with E-state index in [1.54, 1.807) is 11.1 Å². The first-order valence-electron chi connectivity index (χ1n) is 5.58. The highest BCUT2D eigenvalue weighted by Crippen LogP contribution is 2.42. The monoisotopic (exact) mass is 180 g/mol. The average Bonchev–Trinajstić information content (AvgIpc) is 1.96. The van der Waals surface area contributed by atoms with Gasteiger partial charge < -0.3 is 0 Å². The molecule has 0 N–H and O–H groups in total. The van der Waals surface area contributed by atoms with Crippen molar-refractivity contribution in [3.63, 3.8) is 0 Å². The third kappa shape index (κ3) is 2.86. The third-order valence-electron chi connectivity index (χ3n) is 3.43. The molecule has 0 saturated heterocycles. The lowest BCUT2D eigenvalue weighted by Crippen LogP contribution is -2.23. The van der Waals surface area contributed by atoms with E-state index in [1.807, 2.05) is 0 Å². The molecule has 0 spiro atoms. The fourth-order valence-corrected chi connectivity index (χ4v) is 2.74. The van der Waals surface area contributed by atoms with E-state index >= 15 is 0 Å². The smallest absolute Gasteiger partial charge is 0.0266 e. The minimum atomic E-state index is 0.595. The van der Waals surface area contributed by atoms with Crippen LogP contribution >= 0.6 is 0 Å². The highest BCUT2D eigenvalue weighted by Gasteiger charge is 2.29. The first-order chi connectivity index (χ1) is 5.93. The van der Waals surface area contributed by atoms with Crippen molar-refractivity contribution < 1.29 is 0 Å². The number of hydrogen-bond donors (Lipinski definition) is 0. The van der Waals surface area contributed by atoms with Gasteiger partial charge in [0.2, 0.25) is 0 Å². The zero-order valence-corrected chi connectivity index (χ0v) is 9.91. The van der Waals surface area contributed by atoms with Crippen molar-refractivity contribution in [3.05, 3.63) is 11.1 Å². The third-order valence-corrected chi connectivity index (χ3v) is 3.43. The lowest BCUT2D eigenvalue weighted by atomic mass is 9.69. The molecular weight excluding hydrogens is 156 g/mol. The summed E-state index contributed by atoms with van der Waals surface area (Å²) in [5, 5.41) is 0. The van der Waals surface area contributed by atoms with E-state index in [9.17, 15) is 0 Å². The van der Waals surface area contributed by atoms with Crippen LogP contribution in [0.15, 0.2) is 11.1 Å². The van der Waals surface area contributed by atoms with Crippen molar-refractivity contribution in [2.75, 3.05) is 0 Å². The molecule has 13 heavy (non-hydrogen) atoms. The number of allylic oxidation sites excluding steroid dienone is 2. The minimum Gasteiger partial charge on any atom is -0.0744 e.